The molecular formula is C23H16ClF2NO4S. The number of aliphatic hydroxyl groups excluding tert-OH is 1. The largest absolute Gasteiger partial charge is 0.507 e. The van der Waals surface area contributed by atoms with Gasteiger partial charge in [-0.05, 0) is 48.7 Å². The second-order valence-electron chi connectivity index (χ2n) is 6.86. The molecule has 1 fully saturated rings. The van der Waals surface area contributed by atoms with Crippen LogP contribution in [0.4, 0.5) is 14.5 Å². The molecule has 1 aromatic heterocycles. The van der Waals surface area contributed by atoms with E-state index < -0.39 is 35.1 Å². The number of carbonyl (C=O) groups excluding carboxylic acids is 2. The van der Waals surface area contributed by atoms with Crippen LogP contribution in [-0.2, 0) is 9.59 Å². The van der Waals surface area contributed by atoms with Gasteiger partial charge in [-0.3, -0.25) is 14.5 Å². The maximum Gasteiger partial charge on any atom is 0.300 e. The zero-order chi connectivity index (χ0) is 23.0. The molecule has 2 heterocycles. The van der Waals surface area contributed by atoms with E-state index in [1.165, 1.54) is 35.6 Å². The number of hydrogen-bond donors (Lipinski definition) is 1. The van der Waals surface area contributed by atoms with Gasteiger partial charge in [0.1, 0.15) is 17.6 Å². The smallest absolute Gasteiger partial charge is 0.300 e. The normalized spacial score (nSPS) is 17.8. The highest BCUT2D eigenvalue weighted by Gasteiger charge is 2.47. The summed E-state index contributed by atoms with van der Waals surface area (Å²) in [5.74, 6) is -4.27. The standard InChI is InChI=1S/C23H16ClF2NO4S/c1-2-31-17-10-12(5-7-14(17)24)21(28)19-20(18-4-3-9-32-18)27(23(30)22(19)29)13-6-8-15(25)16(26)11-13/h3-11,20,28H,2H2,1H3/b21-19-. The van der Waals surface area contributed by atoms with Crippen LogP contribution in [-0.4, -0.2) is 23.4 Å². The van der Waals surface area contributed by atoms with Gasteiger partial charge in [-0.25, -0.2) is 8.78 Å². The molecule has 1 unspecified atom stereocenters. The van der Waals surface area contributed by atoms with Gasteiger partial charge in [-0.2, -0.15) is 0 Å². The average Bonchev–Trinajstić information content (AvgIpc) is 3.39. The lowest BCUT2D eigenvalue weighted by molar-refractivity contribution is -0.132. The Morgan fingerprint density at radius 3 is 2.59 bits per heavy atom. The Balaban J connectivity index is 1.91. The number of aliphatic hydroxyl groups is 1. The van der Waals surface area contributed by atoms with E-state index in [-0.39, 0.29) is 16.8 Å². The lowest BCUT2D eigenvalue weighted by atomic mass is 9.99. The summed E-state index contributed by atoms with van der Waals surface area (Å²) in [7, 11) is 0. The van der Waals surface area contributed by atoms with Crippen molar-refractivity contribution in [3.05, 3.63) is 86.6 Å². The Morgan fingerprint density at radius 2 is 1.94 bits per heavy atom. The van der Waals surface area contributed by atoms with Crippen molar-refractivity contribution in [1.82, 2.24) is 0 Å². The van der Waals surface area contributed by atoms with Gasteiger partial charge < -0.3 is 9.84 Å². The van der Waals surface area contributed by atoms with Gasteiger partial charge in [0.2, 0.25) is 0 Å². The first-order valence-corrected chi connectivity index (χ1v) is 10.8. The number of halogens is 3. The van der Waals surface area contributed by atoms with E-state index in [4.69, 9.17) is 16.3 Å². The van der Waals surface area contributed by atoms with Gasteiger partial charge >= 0.3 is 0 Å². The Bertz CT molecular complexity index is 1240. The molecule has 0 saturated carbocycles. The van der Waals surface area contributed by atoms with Crippen LogP contribution in [0.1, 0.15) is 23.4 Å². The third-order valence-corrected chi connectivity index (χ3v) is 6.18. The SMILES string of the molecule is CCOc1cc(/C(O)=C2/C(=O)C(=O)N(c3ccc(F)c(F)c3)C2c2cccs2)ccc1Cl. The Labute approximate surface area is 191 Å². The number of benzene rings is 2. The summed E-state index contributed by atoms with van der Waals surface area (Å²) in [5, 5.41) is 13.1. The number of ether oxygens (including phenoxy) is 1. The van der Waals surface area contributed by atoms with Crippen LogP contribution in [0.25, 0.3) is 5.76 Å². The molecule has 0 aliphatic carbocycles. The van der Waals surface area contributed by atoms with Gasteiger partial charge in [0.15, 0.2) is 11.6 Å². The number of anilines is 1. The van der Waals surface area contributed by atoms with E-state index in [9.17, 15) is 23.5 Å². The summed E-state index contributed by atoms with van der Waals surface area (Å²) in [4.78, 5) is 27.6. The molecule has 32 heavy (non-hydrogen) atoms. The number of nitrogens with zero attached hydrogens (tertiary/aromatic N) is 1. The van der Waals surface area contributed by atoms with Crippen molar-refractivity contribution in [2.45, 2.75) is 13.0 Å². The Kier molecular flexibility index (Phi) is 5.99. The molecule has 1 aliphatic heterocycles. The molecule has 1 atom stereocenters. The summed E-state index contributed by atoms with van der Waals surface area (Å²) in [6.45, 7) is 2.10. The molecule has 5 nitrogen and oxygen atoms in total. The summed E-state index contributed by atoms with van der Waals surface area (Å²) in [5.41, 5.74) is 0.0456. The maximum atomic E-state index is 13.9. The van der Waals surface area contributed by atoms with E-state index in [1.54, 1.807) is 24.4 Å². The zero-order valence-electron chi connectivity index (χ0n) is 16.6. The lowest BCUT2D eigenvalue weighted by Crippen LogP contribution is -2.29. The van der Waals surface area contributed by atoms with Crippen molar-refractivity contribution in [2.75, 3.05) is 11.5 Å². The minimum atomic E-state index is -1.16. The fourth-order valence-electron chi connectivity index (χ4n) is 3.52. The first-order chi connectivity index (χ1) is 15.3. The number of amides is 1. The number of ketones is 1. The minimum Gasteiger partial charge on any atom is -0.507 e. The van der Waals surface area contributed by atoms with Crippen LogP contribution in [0.2, 0.25) is 5.02 Å². The Morgan fingerprint density at radius 1 is 1.16 bits per heavy atom. The molecule has 164 valence electrons. The number of hydrogen-bond acceptors (Lipinski definition) is 5. The Hall–Kier alpha value is -3.23. The molecule has 4 rings (SSSR count). The van der Waals surface area contributed by atoms with Crippen molar-refractivity contribution in [3.8, 4) is 5.75 Å². The molecule has 1 aliphatic rings. The van der Waals surface area contributed by atoms with Crippen LogP contribution in [0, 0.1) is 11.6 Å². The van der Waals surface area contributed by atoms with Crippen LogP contribution in [0.15, 0.2) is 59.5 Å². The molecule has 1 amide bonds. The second-order valence-corrected chi connectivity index (χ2v) is 8.25. The minimum absolute atomic E-state index is 0.00504. The highest BCUT2D eigenvalue weighted by atomic mass is 35.5. The summed E-state index contributed by atoms with van der Waals surface area (Å²) in [6.07, 6.45) is 0. The maximum absolute atomic E-state index is 13.9. The van der Waals surface area contributed by atoms with Gasteiger partial charge in [-0.15, -0.1) is 11.3 Å². The van der Waals surface area contributed by atoms with Gasteiger partial charge in [-0.1, -0.05) is 17.7 Å². The highest BCUT2D eigenvalue weighted by molar-refractivity contribution is 7.10. The molecular weight excluding hydrogens is 460 g/mol. The van der Waals surface area contributed by atoms with E-state index in [0.29, 0.717) is 22.3 Å². The third kappa shape index (κ3) is 3.76. The van der Waals surface area contributed by atoms with Crippen LogP contribution >= 0.6 is 22.9 Å². The highest BCUT2D eigenvalue weighted by Crippen LogP contribution is 2.44. The molecule has 1 saturated heterocycles. The van der Waals surface area contributed by atoms with E-state index in [0.717, 1.165) is 17.0 Å². The summed E-state index contributed by atoms with van der Waals surface area (Å²) < 4.78 is 32.8. The predicted molar refractivity (Wildman–Crippen MR) is 118 cm³/mol. The summed E-state index contributed by atoms with van der Waals surface area (Å²) in [6, 6.07) is 9.79. The van der Waals surface area contributed by atoms with Crippen molar-refractivity contribution in [3.63, 3.8) is 0 Å². The second kappa shape index (κ2) is 8.72. The van der Waals surface area contributed by atoms with E-state index >= 15 is 0 Å². The van der Waals surface area contributed by atoms with Crippen molar-refractivity contribution in [1.29, 1.82) is 0 Å². The predicted octanol–water partition coefficient (Wildman–Crippen LogP) is 5.70. The quantitative estimate of drug-likeness (QED) is 0.292. The average molecular weight is 476 g/mol. The van der Waals surface area contributed by atoms with Crippen molar-refractivity contribution < 1.29 is 28.2 Å². The first kappa shape index (κ1) is 22.0. The van der Waals surface area contributed by atoms with Gasteiger partial charge in [0.25, 0.3) is 11.7 Å². The summed E-state index contributed by atoms with van der Waals surface area (Å²) >= 11 is 7.37. The number of rotatable bonds is 5. The molecule has 2 aromatic carbocycles. The lowest BCUT2D eigenvalue weighted by Gasteiger charge is -2.24. The van der Waals surface area contributed by atoms with Crippen molar-refractivity contribution >= 4 is 46.1 Å². The van der Waals surface area contributed by atoms with Crippen LogP contribution in [0.5, 0.6) is 5.75 Å². The molecule has 0 radical (unpaired) electrons. The fraction of sp³-hybridized carbons (Fsp3) is 0.130. The van der Waals surface area contributed by atoms with E-state index in [1.807, 2.05) is 0 Å². The molecule has 9 heteroatoms. The number of carbonyl (C=O) groups is 2. The fourth-order valence-corrected chi connectivity index (χ4v) is 4.52. The van der Waals surface area contributed by atoms with Crippen LogP contribution in [0.3, 0.4) is 0 Å². The van der Waals surface area contributed by atoms with E-state index in [2.05, 4.69) is 0 Å². The molecule has 1 N–H and O–H groups in total. The van der Waals surface area contributed by atoms with Crippen LogP contribution < -0.4 is 9.64 Å². The first-order valence-electron chi connectivity index (χ1n) is 9.55. The molecule has 3 aromatic rings. The monoisotopic (exact) mass is 475 g/mol. The third-order valence-electron chi connectivity index (χ3n) is 4.94. The number of Topliss-reactive ketones (excluding diaryl/α,β-unsaturated/α-hetero) is 1. The van der Waals surface area contributed by atoms with Crippen molar-refractivity contribution in [2.24, 2.45) is 0 Å². The van der Waals surface area contributed by atoms with Gasteiger partial charge in [0, 0.05) is 22.2 Å². The molecule has 0 spiro atoms. The zero-order valence-corrected chi connectivity index (χ0v) is 18.2. The topological polar surface area (TPSA) is 66.8 Å². The molecule has 0 bridgehead atoms. The number of thiophene rings is 1. The van der Waals surface area contributed by atoms with Gasteiger partial charge in [0.05, 0.1) is 17.2 Å².